The van der Waals surface area contributed by atoms with E-state index in [9.17, 15) is 14.7 Å². The van der Waals surface area contributed by atoms with Crippen LogP contribution in [0.3, 0.4) is 0 Å². The molecule has 0 aliphatic heterocycles. The molecular formula is C17H24N2O3. The largest absolute Gasteiger partial charge is 0.508 e. The predicted molar refractivity (Wildman–Crippen MR) is 84.4 cm³/mol. The van der Waals surface area contributed by atoms with Crippen molar-refractivity contribution in [2.45, 2.75) is 45.1 Å². The van der Waals surface area contributed by atoms with Crippen LogP contribution in [-0.2, 0) is 16.0 Å². The molecule has 2 amide bonds. The molecule has 0 bridgehead atoms. The van der Waals surface area contributed by atoms with Gasteiger partial charge in [-0.2, -0.15) is 0 Å². The maximum absolute atomic E-state index is 11.9. The maximum Gasteiger partial charge on any atom is 0.309 e. The van der Waals surface area contributed by atoms with E-state index < -0.39 is 11.8 Å². The Balaban J connectivity index is 1.72. The van der Waals surface area contributed by atoms with Crippen LogP contribution >= 0.6 is 0 Å². The van der Waals surface area contributed by atoms with Crippen molar-refractivity contribution in [3.63, 3.8) is 0 Å². The minimum Gasteiger partial charge on any atom is -0.508 e. The van der Waals surface area contributed by atoms with Gasteiger partial charge in [0.05, 0.1) is 0 Å². The molecular weight excluding hydrogens is 280 g/mol. The minimum atomic E-state index is -0.573. The summed E-state index contributed by atoms with van der Waals surface area (Å²) < 4.78 is 0. The molecule has 1 aliphatic carbocycles. The second kappa shape index (κ2) is 7.82. The number of phenolic OH excluding ortho intramolecular Hbond substituents is 1. The van der Waals surface area contributed by atoms with E-state index in [0.717, 1.165) is 24.8 Å². The number of nitrogens with one attached hydrogen (secondary N) is 2. The summed E-state index contributed by atoms with van der Waals surface area (Å²) in [5, 5.41) is 14.7. The number of phenols is 1. The number of aromatic hydroxyl groups is 1. The lowest BCUT2D eigenvalue weighted by Crippen LogP contribution is -2.48. The number of amides is 2. The molecule has 1 aromatic carbocycles. The molecule has 5 heteroatoms. The zero-order chi connectivity index (χ0) is 15.9. The quantitative estimate of drug-likeness (QED) is 0.742. The van der Waals surface area contributed by atoms with Gasteiger partial charge in [0.25, 0.3) is 0 Å². The molecule has 2 unspecified atom stereocenters. The van der Waals surface area contributed by atoms with Gasteiger partial charge in [-0.3, -0.25) is 9.59 Å². The Morgan fingerprint density at radius 2 is 1.82 bits per heavy atom. The van der Waals surface area contributed by atoms with Crippen LogP contribution in [0.4, 0.5) is 0 Å². The second-order valence-corrected chi connectivity index (χ2v) is 6.01. The lowest BCUT2D eigenvalue weighted by molar-refractivity contribution is -0.139. The smallest absolute Gasteiger partial charge is 0.309 e. The van der Waals surface area contributed by atoms with Gasteiger partial charge < -0.3 is 15.7 Å². The fourth-order valence-electron chi connectivity index (χ4n) is 2.83. The van der Waals surface area contributed by atoms with Crippen molar-refractivity contribution >= 4 is 11.8 Å². The van der Waals surface area contributed by atoms with Crippen LogP contribution in [0.2, 0.25) is 0 Å². The van der Waals surface area contributed by atoms with Gasteiger partial charge in [-0.15, -0.1) is 0 Å². The van der Waals surface area contributed by atoms with Crippen molar-refractivity contribution in [3.8, 4) is 5.75 Å². The van der Waals surface area contributed by atoms with E-state index in [0.29, 0.717) is 18.9 Å². The van der Waals surface area contributed by atoms with Crippen molar-refractivity contribution in [2.75, 3.05) is 6.54 Å². The van der Waals surface area contributed by atoms with Crippen molar-refractivity contribution in [2.24, 2.45) is 5.92 Å². The standard InChI is InChI=1S/C17H24N2O3/c1-12-4-2-3-5-15(12)19-17(22)16(21)18-11-10-13-6-8-14(20)9-7-13/h6-9,12,15,20H,2-5,10-11H2,1H3,(H,18,21)(H,19,22). The molecule has 22 heavy (non-hydrogen) atoms. The molecule has 120 valence electrons. The van der Waals surface area contributed by atoms with Gasteiger partial charge in [0.15, 0.2) is 0 Å². The van der Waals surface area contributed by atoms with E-state index in [4.69, 9.17) is 0 Å². The highest BCUT2D eigenvalue weighted by atomic mass is 16.3. The van der Waals surface area contributed by atoms with Crippen LogP contribution in [0.5, 0.6) is 5.75 Å². The lowest BCUT2D eigenvalue weighted by Gasteiger charge is -2.29. The average Bonchev–Trinajstić information content (AvgIpc) is 2.51. The van der Waals surface area contributed by atoms with Gasteiger partial charge >= 0.3 is 11.8 Å². The van der Waals surface area contributed by atoms with Gasteiger partial charge in [-0.1, -0.05) is 31.9 Å². The Kier molecular flexibility index (Phi) is 5.81. The predicted octanol–water partition coefficient (Wildman–Crippen LogP) is 1.75. The zero-order valence-corrected chi connectivity index (χ0v) is 13.0. The van der Waals surface area contributed by atoms with E-state index in [2.05, 4.69) is 17.6 Å². The SMILES string of the molecule is CC1CCCCC1NC(=O)C(=O)NCCc1ccc(O)cc1. The number of hydrogen-bond donors (Lipinski definition) is 3. The summed E-state index contributed by atoms with van der Waals surface area (Å²) in [5.74, 6) is -0.461. The first-order valence-electron chi connectivity index (χ1n) is 7.93. The van der Waals surface area contributed by atoms with Gasteiger partial charge in [0.1, 0.15) is 5.75 Å². The van der Waals surface area contributed by atoms with Crippen molar-refractivity contribution in [1.29, 1.82) is 0 Å². The van der Waals surface area contributed by atoms with E-state index in [1.807, 2.05) is 0 Å². The third kappa shape index (κ3) is 4.76. The van der Waals surface area contributed by atoms with E-state index in [-0.39, 0.29) is 11.8 Å². The molecule has 0 saturated heterocycles. The fraction of sp³-hybridized carbons (Fsp3) is 0.529. The van der Waals surface area contributed by atoms with Crippen LogP contribution in [0.15, 0.2) is 24.3 Å². The summed E-state index contributed by atoms with van der Waals surface area (Å²) in [6.45, 7) is 2.52. The third-order valence-corrected chi connectivity index (χ3v) is 4.27. The monoisotopic (exact) mass is 304 g/mol. The van der Waals surface area contributed by atoms with Crippen LogP contribution in [0.1, 0.15) is 38.2 Å². The summed E-state index contributed by atoms with van der Waals surface area (Å²) >= 11 is 0. The number of carbonyl (C=O) groups is 2. The Hall–Kier alpha value is -2.04. The topological polar surface area (TPSA) is 78.4 Å². The van der Waals surface area contributed by atoms with Crippen molar-refractivity contribution < 1.29 is 14.7 Å². The van der Waals surface area contributed by atoms with E-state index in [1.165, 1.54) is 6.42 Å². The van der Waals surface area contributed by atoms with Crippen LogP contribution in [-0.4, -0.2) is 29.5 Å². The van der Waals surface area contributed by atoms with Crippen molar-refractivity contribution in [1.82, 2.24) is 10.6 Å². The van der Waals surface area contributed by atoms with Crippen LogP contribution in [0.25, 0.3) is 0 Å². The molecule has 2 rings (SSSR count). The number of hydrogen-bond acceptors (Lipinski definition) is 3. The van der Waals surface area contributed by atoms with Gasteiger partial charge in [0.2, 0.25) is 0 Å². The number of rotatable bonds is 4. The Bertz CT molecular complexity index is 513. The lowest BCUT2D eigenvalue weighted by atomic mass is 9.86. The highest BCUT2D eigenvalue weighted by Gasteiger charge is 2.25. The summed E-state index contributed by atoms with van der Waals surface area (Å²) in [4.78, 5) is 23.7. The molecule has 1 saturated carbocycles. The third-order valence-electron chi connectivity index (χ3n) is 4.27. The van der Waals surface area contributed by atoms with E-state index in [1.54, 1.807) is 24.3 Å². The normalized spacial score (nSPS) is 21.1. The van der Waals surface area contributed by atoms with Crippen LogP contribution in [0, 0.1) is 5.92 Å². The van der Waals surface area contributed by atoms with Crippen molar-refractivity contribution in [3.05, 3.63) is 29.8 Å². The first kappa shape index (κ1) is 16.3. The minimum absolute atomic E-state index is 0.115. The highest BCUT2D eigenvalue weighted by Crippen LogP contribution is 2.23. The number of carbonyl (C=O) groups excluding carboxylic acids is 2. The molecule has 3 N–H and O–H groups in total. The summed E-state index contributed by atoms with van der Waals surface area (Å²) in [6.07, 6.45) is 4.99. The summed E-state index contributed by atoms with van der Waals surface area (Å²) in [6, 6.07) is 6.92. The Morgan fingerprint density at radius 1 is 1.14 bits per heavy atom. The zero-order valence-electron chi connectivity index (χ0n) is 13.0. The number of benzene rings is 1. The van der Waals surface area contributed by atoms with Gasteiger partial charge in [-0.25, -0.2) is 0 Å². The molecule has 0 aromatic heterocycles. The first-order chi connectivity index (χ1) is 10.6. The average molecular weight is 304 g/mol. The Morgan fingerprint density at radius 3 is 2.50 bits per heavy atom. The van der Waals surface area contributed by atoms with E-state index >= 15 is 0 Å². The van der Waals surface area contributed by atoms with Gasteiger partial charge in [0, 0.05) is 12.6 Å². The molecule has 0 radical (unpaired) electrons. The molecule has 1 aromatic rings. The first-order valence-corrected chi connectivity index (χ1v) is 7.93. The summed E-state index contributed by atoms with van der Waals surface area (Å²) in [7, 11) is 0. The molecule has 0 spiro atoms. The molecule has 2 atom stereocenters. The maximum atomic E-state index is 11.9. The second-order valence-electron chi connectivity index (χ2n) is 6.01. The fourth-order valence-corrected chi connectivity index (χ4v) is 2.83. The highest BCUT2D eigenvalue weighted by molar-refractivity contribution is 6.35. The van der Waals surface area contributed by atoms with Crippen LogP contribution < -0.4 is 10.6 Å². The summed E-state index contributed by atoms with van der Waals surface area (Å²) in [5.41, 5.74) is 0.999. The molecule has 1 fully saturated rings. The molecule has 1 aliphatic rings. The van der Waals surface area contributed by atoms with Gasteiger partial charge in [-0.05, 0) is 42.9 Å². The molecule has 5 nitrogen and oxygen atoms in total. The molecule has 0 heterocycles. The Labute approximate surface area is 131 Å².